The molecule has 4 heteroatoms. The Hall–Kier alpha value is -0.610. The summed E-state index contributed by atoms with van der Waals surface area (Å²) in [6.45, 7) is 3.27. The molecule has 0 aromatic heterocycles. The molecular formula is C11H19NO3. The molecule has 1 aliphatic heterocycles. The molecule has 15 heavy (non-hydrogen) atoms. The molecule has 0 aromatic carbocycles. The molecule has 1 N–H and O–H groups in total. The average Bonchev–Trinajstić information content (AvgIpc) is 2.99. The average molecular weight is 213 g/mol. The summed E-state index contributed by atoms with van der Waals surface area (Å²) in [5.74, 6) is 0.195. The molecule has 2 rings (SSSR count). The van der Waals surface area contributed by atoms with Gasteiger partial charge < -0.3 is 9.84 Å². The van der Waals surface area contributed by atoms with Gasteiger partial charge in [0.2, 0.25) is 0 Å². The maximum Gasteiger partial charge on any atom is 0.305 e. The molecule has 1 atom stereocenters. The third-order valence-electron chi connectivity index (χ3n) is 3.28. The molecule has 2 fully saturated rings. The van der Waals surface area contributed by atoms with Gasteiger partial charge in [-0.3, -0.25) is 9.69 Å². The molecule has 1 aliphatic carbocycles. The number of ether oxygens (including phenoxy) is 1. The summed E-state index contributed by atoms with van der Waals surface area (Å²) in [6, 6.07) is 0.0926. The Morgan fingerprint density at radius 2 is 2.27 bits per heavy atom. The van der Waals surface area contributed by atoms with Crippen LogP contribution in [-0.2, 0) is 9.53 Å². The quantitative estimate of drug-likeness (QED) is 0.739. The van der Waals surface area contributed by atoms with Crippen LogP contribution < -0.4 is 0 Å². The smallest absolute Gasteiger partial charge is 0.305 e. The van der Waals surface area contributed by atoms with Crippen LogP contribution in [-0.4, -0.2) is 48.3 Å². The second-order valence-electron chi connectivity index (χ2n) is 4.59. The van der Waals surface area contributed by atoms with Crippen molar-refractivity contribution in [1.82, 2.24) is 4.90 Å². The Balaban J connectivity index is 1.78. The van der Waals surface area contributed by atoms with Gasteiger partial charge in [-0.25, -0.2) is 0 Å². The van der Waals surface area contributed by atoms with Crippen LogP contribution in [0.5, 0.6) is 0 Å². The first kappa shape index (κ1) is 10.9. The number of hydrogen-bond donors (Lipinski definition) is 1. The fourth-order valence-electron chi connectivity index (χ4n) is 2.13. The zero-order valence-corrected chi connectivity index (χ0v) is 9.02. The van der Waals surface area contributed by atoms with E-state index in [1.54, 1.807) is 0 Å². The number of carboxylic acid groups (broad SMARTS) is 1. The predicted molar refractivity (Wildman–Crippen MR) is 55.8 cm³/mol. The minimum atomic E-state index is -0.720. The molecule has 4 nitrogen and oxygen atoms in total. The largest absolute Gasteiger partial charge is 0.481 e. The standard InChI is InChI=1S/C11H19NO3/c13-11(14)7-10-8-15-6-5-12(10)4-3-9-1-2-9/h9-10H,1-8H2,(H,13,14). The Morgan fingerprint density at radius 1 is 1.47 bits per heavy atom. The lowest BCUT2D eigenvalue weighted by molar-refractivity contribution is -0.140. The third-order valence-corrected chi connectivity index (χ3v) is 3.28. The van der Waals surface area contributed by atoms with Crippen molar-refractivity contribution in [3.63, 3.8) is 0 Å². The van der Waals surface area contributed by atoms with E-state index in [-0.39, 0.29) is 12.5 Å². The van der Waals surface area contributed by atoms with Crippen LogP contribution in [0.3, 0.4) is 0 Å². The third kappa shape index (κ3) is 3.47. The van der Waals surface area contributed by atoms with Crippen LogP contribution in [0, 0.1) is 5.92 Å². The fraction of sp³-hybridized carbons (Fsp3) is 0.909. The van der Waals surface area contributed by atoms with Gasteiger partial charge in [-0.2, -0.15) is 0 Å². The first-order valence-corrected chi connectivity index (χ1v) is 5.79. The minimum absolute atomic E-state index is 0.0926. The molecule has 1 saturated carbocycles. The molecule has 0 amide bonds. The highest BCUT2D eigenvalue weighted by molar-refractivity contribution is 5.67. The van der Waals surface area contributed by atoms with E-state index in [9.17, 15) is 4.79 Å². The molecule has 2 aliphatic rings. The Morgan fingerprint density at radius 3 is 2.93 bits per heavy atom. The molecule has 1 heterocycles. The number of carboxylic acids is 1. The number of hydrogen-bond acceptors (Lipinski definition) is 3. The van der Waals surface area contributed by atoms with E-state index < -0.39 is 5.97 Å². The van der Waals surface area contributed by atoms with Gasteiger partial charge in [0.25, 0.3) is 0 Å². The SMILES string of the molecule is O=C(O)CC1COCCN1CCC1CC1. The number of nitrogens with zero attached hydrogens (tertiary/aromatic N) is 1. The van der Waals surface area contributed by atoms with Crippen LogP contribution in [0.25, 0.3) is 0 Å². The predicted octanol–water partition coefficient (Wildman–Crippen LogP) is 0.962. The summed E-state index contributed by atoms with van der Waals surface area (Å²) in [6.07, 6.45) is 4.18. The second-order valence-corrected chi connectivity index (χ2v) is 4.59. The summed E-state index contributed by atoms with van der Waals surface area (Å²) in [4.78, 5) is 13.0. The summed E-state index contributed by atoms with van der Waals surface area (Å²) in [7, 11) is 0. The van der Waals surface area contributed by atoms with Crippen LogP contribution in [0.1, 0.15) is 25.7 Å². The number of aliphatic carboxylic acids is 1. The monoisotopic (exact) mass is 213 g/mol. The van der Waals surface area contributed by atoms with Gasteiger partial charge in [0, 0.05) is 12.6 Å². The summed E-state index contributed by atoms with van der Waals surface area (Å²) < 4.78 is 5.33. The summed E-state index contributed by atoms with van der Waals surface area (Å²) in [5.41, 5.74) is 0. The van der Waals surface area contributed by atoms with Crippen molar-refractivity contribution in [1.29, 1.82) is 0 Å². The van der Waals surface area contributed by atoms with Gasteiger partial charge in [0.15, 0.2) is 0 Å². The topological polar surface area (TPSA) is 49.8 Å². The van der Waals surface area contributed by atoms with Crippen molar-refractivity contribution in [3.8, 4) is 0 Å². The lowest BCUT2D eigenvalue weighted by Crippen LogP contribution is -2.46. The number of rotatable bonds is 5. The maximum atomic E-state index is 10.7. The van der Waals surface area contributed by atoms with Gasteiger partial charge in [0.05, 0.1) is 19.6 Å². The molecule has 0 spiro atoms. The van der Waals surface area contributed by atoms with Gasteiger partial charge in [-0.05, 0) is 18.9 Å². The highest BCUT2D eigenvalue weighted by Gasteiger charge is 2.27. The molecular weight excluding hydrogens is 194 g/mol. The molecule has 1 saturated heterocycles. The van der Waals surface area contributed by atoms with Gasteiger partial charge in [-0.15, -0.1) is 0 Å². The van der Waals surface area contributed by atoms with Crippen LogP contribution in [0.4, 0.5) is 0 Å². The van der Waals surface area contributed by atoms with E-state index in [0.29, 0.717) is 6.61 Å². The minimum Gasteiger partial charge on any atom is -0.481 e. The Kier molecular flexibility index (Phi) is 3.59. The zero-order valence-electron chi connectivity index (χ0n) is 9.02. The first-order valence-electron chi connectivity index (χ1n) is 5.79. The highest BCUT2D eigenvalue weighted by atomic mass is 16.5. The van der Waals surface area contributed by atoms with Gasteiger partial charge in [0.1, 0.15) is 0 Å². The van der Waals surface area contributed by atoms with Crippen LogP contribution in [0.15, 0.2) is 0 Å². The van der Waals surface area contributed by atoms with Crippen molar-refractivity contribution >= 4 is 5.97 Å². The van der Waals surface area contributed by atoms with E-state index in [1.165, 1.54) is 19.3 Å². The molecule has 0 bridgehead atoms. The highest BCUT2D eigenvalue weighted by Crippen LogP contribution is 2.32. The molecule has 86 valence electrons. The van der Waals surface area contributed by atoms with Crippen molar-refractivity contribution in [2.45, 2.75) is 31.7 Å². The second kappa shape index (κ2) is 4.94. The number of morpholine rings is 1. The fourth-order valence-corrected chi connectivity index (χ4v) is 2.13. The zero-order chi connectivity index (χ0) is 10.7. The lowest BCUT2D eigenvalue weighted by atomic mass is 10.1. The summed E-state index contributed by atoms with van der Waals surface area (Å²) >= 11 is 0. The lowest BCUT2D eigenvalue weighted by Gasteiger charge is -2.34. The molecule has 0 radical (unpaired) electrons. The van der Waals surface area contributed by atoms with Crippen molar-refractivity contribution < 1.29 is 14.6 Å². The van der Waals surface area contributed by atoms with Crippen LogP contribution in [0.2, 0.25) is 0 Å². The molecule has 1 unspecified atom stereocenters. The Bertz CT molecular complexity index is 228. The summed E-state index contributed by atoms with van der Waals surface area (Å²) in [5, 5.41) is 8.79. The van der Waals surface area contributed by atoms with Crippen molar-refractivity contribution in [2.75, 3.05) is 26.3 Å². The molecule has 0 aromatic rings. The van der Waals surface area contributed by atoms with E-state index in [1.807, 2.05) is 0 Å². The van der Waals surface area contributed by atoms with E-state index in [2.05, 4.69) is 4.90 Å². The number of carbonyl (C=O) groups is 1. The first-order chi connectivity index (χ1) is 7.25. The van der Waals surface area contributed by atoms with Gasteiger partial charge in [-0.1, -0.05) is 12.8 Å². The maximum absolute atomic E-state index is 10.7. The van der Waals surface area contributed by atoms with Crippen molar-refractivity contribution in [2.24, 2.45) is 5.92 Å². The van der Waals surface area contributed by atoms with E-state index >= 15 is 0 Å². The van der Waals surface area contributed by atoms with E-state index in [0.717, 1.165) is 25.6 Å². The van der Waals surface area contributed by atoms with Crippen LogP contribution >= 0.6 is 0 Å². The van der Waals surface area contributed by atoms with Gasteiger partial charge >= 0.3 is 5.97 Å². The van der Waals surface area contributed by atoms with Crippen molar-refractivity contribution in [3.05, 3.63) is 0 Å². The Labute approximate surface area is 90.2 Å². The van der Waals surface area contributed by atoms with E-state index in [4.69, 9.17) is 9.84 Å². The normalized spacial score (nSPS) is 27.9.